The van der Waals surface area contributed by atoms with Gasteiger partial charge in [0.25, 0.3) is 0 Å². The van der Waals surface area contributed by atoms with Crippen molar-refractivity contribution in [1.29, 1.82) is 0 Å². The molecule has 3 heteroatoms. The first kappa shape index (κ1) is 38.5. The van der Waals surface area contributed by atoms with Gasteiger partial charge in [-0.15, -0.1) is 0 Å². The van der Waals surface area contributed by atoms with Gasteiger partial charge in [-0.3, -0.25) is 0 Å². The van der Waals surface area contributed by atoms with Gasteiger partial charge in [0, 0.05) is 33.8 Å². The van der Waals surface area contributed by atoms with Crippen molar-refractivity contribution in [3.63, 3.8) is 0 Å². The third-order valence-electron chi connectivity index (χ3n) is 14.5. The van der Waals surface area contributed by atoms with Gasteiger partial charge in [0.05, 0.1) is 17.1 Å². The smallest absolute Gasteiger partial charge is 0.120 e. The Morgan fingerprint density at radius 2 is 1.27 bits per heavy atom. The van der Waals surface area contributed by atoms with E-state index in [4.69, 9.17) is 0 Å². The first-order valence-electron chi connectivity index (χ1n) is 22.7. The summed E-state index contributed by atoms with van der Waals surface area (Å²) in [4.78, 5) is 5.09. The predicted octanol–water partition coefficient (Wildman–Crippen LogP) is 15.9. The van der Waals surface area contributed by atoms with Crippen molar-refractivity contribution < 1.29 is 0 Å². The van der Waals surface area contributed by atoms with Gasteiger partial charge in [0.1, 0.15) is 8.07 Å². The van der Waals surface area contributed by atoms with Crippen molar-refractivity contribution in [1.82, 2.24) is 0 Å². The van der Waals surface area contributed by atoms with Crippen LogP contribution in [0, 0.1) is 5.92 Å². The van der Waals surface area contributed by atoms with Gasteiger partial charge in [-0.05, 0) is 109 Å². The molecule has 7 aromatic rings. The van der Waals surface area contributed by atoms with Gasteiger partial charge in [0.2, 0.25) is 0 Å². The quantitative estimate of drug-likeness (QED) is 0.117. The van der Waals surface area contributed by atoms with Crippen molar-refractivity contribution in [3.8, 4) is 11.1 Å². The van der Waals surface area contributed by atoms with E-state index in [0.717, 1.165) is 6.42 Å². The third-order valence-corrected chi connectivity index (χ3v) is 19.1. The molecule has 0 N–H and O–H groups in total. The Morgan fingerprint density at radius 1 is 0.629 bits per heavy atom. The lowest BCUT2D eigenvalue weighted by Gasteiger charge is -2.47. The number of para-hydroxylation sites is 3. The number of nitrogens with zero attached hydrogens (tertiary/aromatic N) is 2. The number of benzene rings is 7. The van der Waals surface area contributed by atoms with Crippen molar-refractivity contribution in [2.24, 2.45) is 5.92 Å². The number of unbranched alkanes of at least 4 members (excludes halogenated alkanes) is 1. The molecule has 2 aliphatic carbocycles. The largest absolute Gasteiger partial charge is 0.314 e. The van der Waals surface area contributed by atoms with E-state index < -0.39 is 8.07 Å². The Labute approximate surface area is 368 Å². The molecule has 2 heterocycles. The summed E-state index contributed by atoms with van der Waals surface area (Å²) in [6.45, 7) is 12.3. The van der Waals surface area contributed by atoms with Crippen LogP contribution in [0.25, 0.3) is 46.2 Å². The maximum Gasteiger partial charge on any atom is 0.120 e. The van der Waals surface area contributed by atoms with Gasteiger partial charge >= 0.3 is 0 Å². The second-order valence-electron chi connectivity index (χ2n) is 18.6. The number of fused-ring (bicyclic) bond motifs is 7. The number of hydrogen-bond acceptors (Lipinski definition) is 2. The van der Waals surface area contributed by atoms with Crippen LogP contribution < -0.4 is 15.0 Å². The van der Waals surface area contributed by atoms with Crippen molar-refractivity contribution >= 4 is 76.8 Å². The van der Waals surface area contributed by atoms with Crippen molar-refractivity contribution in [2.75, 3.05) is 9.80 Å². The molecule has 0 amide bonds. The molecular formula is C59H54N2Si. The molecule has 11 rings (SSSR count). The van der Waals surface area contributed by atoms with Crippen LogP contribution in [-0.2, 0) is 5.41 Å². The normalized spacial score (nSPS) is 19.2. The van der Waals surface area contributed by atoms with Crippen LogP contribution in [0.4, 0.5) is 28.4 Å². The molecule has 0 saturated carbocycles. The fourth-order valence-electron chi connectivity index (χ4n) is 11.2. The van der Waals surface area contributed by atoms with Crippen LogP contribution in [0.1, 0.15) is 80.3 Å². The van der Waals surface area contributed by atoms with Crippen LogP contribution in [-0.4, -0.2) is 8.07 Å². The molecule has 0 bridgehead atoms. The van der Waals surface area contributed by atoms with E-state index in [0.29, 0.717) is 5.92 Å². The maximum absolute atomic E-state index is 2.66. The van der Waals surface area contributed by atoms with Crippen molar-refractivity contribution in [3.05, 3.63) is 202 Å². The van der Waals surface area contributed by atoms with Gasteiger partial charge in [-0.25, -0.2) is 0 Å². The Balaban J connectivity index is 0.949. The standard InChI is InChI=1S/C59H54N2Si/c1-6-7-37-62(5)56-27-13-12-25-55(56)60(58-40(2)17-14-28-57(58)62)45-34-36-48-47-35-30-41(38-50(47)59(3,4)51(48)39-45)29-31-42-20-15-22-49-46(42)21-16-26-54(49)61-52-23-10-8-18-43(52)32-33-44-19-9-11-24-53(44)61/h8-16,18-36,38-40H,6-7,17,37H2,1-5H3/b31-29+/t40-,62?/m1/s1. The van der Waals surface area contributed by atoms with E-state index in [9.17, 15) is 0 Å². The fraction of sp³-hybridized carbons (Fsp3) is 0.186. The van der Waals surface area contributed by atoms with E-state index in [-0.39, 0.29) is 5.41 Å². The molecule has 0 fully saturated rings. The summed E-state index contributed by atoms with van der Waals surface area (Å²) >= 11 is 0. The molecule has 0 spiro atoms. The summed E-state index contributed by atoms with van der Waals surface area (Å²) in [7, 11) is -1.91. The van der Waals surface area contributed by atoms with Gasteiger partial charge in [-0.2, -0.15) is 0 Å². The zero-order valence-corrected chi connectivity index (χ0v) is 37.6. The van der Waals surface area contributed by atoms with E-state index >= 15 is 0 Å². The molecular weight excluding hydrogens is 765 g/mol. The highest BCUT2D eigenvalue weighted by Gasteiger charge is 2.45. The lowest BCUT2D eigenvalue weighted by molar-refractivity contribution is 0.656. The summed E-state index contributed by atoms with van der Waals surface area (Å²) in [5.41, 5.74) is 18.0. The number of rotatable bonds is 7. The molecule has 7 aromatic carbocycles. The van der Waals surface area contributed by atoms with Crippen LogP contribution in [0.5, 0.6) is 0 Å². The Kier molecular flexibility index (Phi) is 9.24. The summed E-state index contributed by atoms with van der Waals surface area (Å²) in [5, 5.41) is 5.69. The molecule has 0 aromatic heterocycles. The molecule has 0 radical (unpaired) electrons. The number of anilines is 5. The monoisotopic (exact) mass is 818 g/mol. The summed E-state index contributed by atoms with van der Waals surface area (Å²) < 4.78 is 0. The van der Waals surface area contributed by atoms with Gasteiger partial charge in [0.15, 0.2) is 0 Å². The SMILES string of the molecule is CCCC[Si]1(C)C2=C([C@H](C)CC=C2)N(c2ccc3c(c2)C(C)(C)c2cc(/C=C/c4cccc5c(N6c7ccccc7C=Cc7ccccc76)cccc45)ccc2-3)c2ccccc21. The number of allylic oxidation sites excluding steroid dienone is 4. The predicted molar refractivity (Wildman–Crippen MR) is 270 cm³/mol. The zero-order chi connectivity index (χ0) is 42.2. The molecule has 2 aliphatic heterocycles. The zero-order valence-electron chi connectivity index (χ0n) is 36.6. The highest BCUT2D eigenvalue weighted by molar-refractivity contribution is 6.98. The topological polar surface area (TPSA) is 6.48 Å². The molecule has 0 saturated heterocycles. The third kappa shape index (κ3) is 5.96. The van der Waals surface area contributed by atoms with Crippen molar-refractivity contribution in [2.45, 2.75) is 65.0 Å². The van der Waals surface area contributed by atoms with Gasteiger partial charge < -0.3 is 9.80 Å². The van der Waals surface area contributed by atoms with E-state index in [2.05, 4.69) is 226 Å². The second kappa shape index (κ2) is 14.9. The van der Waals surface area contributed by atoms with E-state index in [1.807, 2.05) is 0 Å². The molecule has 2 atom stereocenters. The van der Waals surface area contributed by atoms with E-state index in [1.165, 1.54) is 108 Å². The Morgan fingerprint density at radius 3 is 2.03 bits per heavy atom. The summed E-state index contributed by atoms with van der Waals surface area (Å²) in [5.74, 6) is 0.470. The van der Waals surface area contributed by atoms with Crippen LogP contribution >= 0.6 is 0 Å². The van der Waals surface area contributed by atoms with Crippen LogP contribution in [0.15, 0.2) is 169 Å². The molecule has 4 aliphatic rings. The lowest BCUT2D eigenvalue weighted by Crippen LogP contribution is -2.54. The van der Waals surface area contributed by atoms with Crippen LogP contribution in [0.3, 0.4) is 0 Å². The first-order valence-corrected chi connectivity index (χ1v) is 25.4. The Bertz CT molecular complexity index is 3020. The second-order valence-corrected chi connectivity index (χ2v) is 22.9. The minimum Gasteiger partial charge on any atom is -0.314 e. The average Bonchev–Trinajstić information content (AvgIpc) is 3.40. The van der Waals surface area contributed by atoms with E-state index in [1.54, 1.807) is 10.4 Å². The number of hydrogen-bond donors (Lipinski definition) is 0. The summed E-state index contributed by atoms with van der Waals surface area (Å²) in [6.07, 6.45) is 17.7. The lowest BCUT2D eigenvalue weighted by atomic mass is 9.81. The van der Waals surface area contributed by atoms with Crippen LogP contribution in [0.2, 0.25) is 12.6 Å². The highest BCUT2D eigenvalue weighted by atomic mass is 28.3. The molecule has 62 heavy (non-hydrogen) atoms. The molecule has 304 valence electrons. The first-order chi connectivity index (χ1) is 30.3. The molecule has 2 nitrogen and oxygen atoms in total. The minimum absolute atomic E-state index is 0.150. The average molecular weight is 819 g/mol. The minimum atomic E-state index is -1.91. The highest BCUT2D eigenvalue weighted by Crippen LogP contribution is 2.53. The molecule has 1 unspecified atom stereocenters. The summed E-state index contributed by atoms with van der Waals surface area (Å²) in [6, 6.07) is 56.0. The Hall–Kier alpha value is -6.42. The fourth-order valence-corrected chi connectivity index (χ4v) is 15.7. The maximum atomic E-state index is 2.66. The van der Waals surface area contributed by atoms with Gasteiger partial charge in [-0.1, -0.05) is 193 Å².